The first-order valence-corrected chi connectivity index (χ1v) is 7.81. The molecule has 1 aromatic heterocycles. The zero-order valence-electron chi connectivity index (χ0n) is 13.1. The predicted octanol–water partition coefficient (Wildman–Crippen LogP) is 3.82. The molecule has 0 aliphatic heterocycles. The van der Waals surface area contributed by atoms with Gasteiger partial charge in [-0.2, -0.15) is 0 Å². The van der Waals surface area contributed by atoms with E-state index in [1.807, 2.05) is 0 Å². The van der Waals surface area contributed by atoms with Crippen molar-refractivity contribution in [3.63, 3.8) is 0 Å². The quantitative estimate of drug-likeness (QED) is 0.639. The molecule has 0 radical (unpaired) electrons. The van der Waals surface area contributed by atoms with Gasteiger partial charge in [-0.05, 0) is 18.9 Å². The minimum atomic E-state index is -1.27. The van der Waals surface area contributed by atoms with E-state index >= 15 is 0 Å². The lowest BCUT2D eigenvalue weighted by molar-refractivity contribution is 0.0593. The van der Waals surface area contributed by atoms with Gasteiger partial charge in [0.2, 0.25) is 0 Å². The van der Waals surface area contributed by atoms with Crippen LogP contribution >= 0.6 is 11.6 Å². The SMILES string of the molecule is COC(=O)c1nc(C2CC2)nc(NCc2cc(F)c(F)cc2F)c1Cl. The normalized spacial score (nSPS) is 13.6. The van der Waals surface area contributed by atoms with Gasteiger partial charge >= 0.3 is 5.97 Å². The number of rotatable bonds is 5. The zero-order valence-corrected chi connectivity index (χ0v) is 13.8. The maximum Gasteiger partial charge on any atom is 0.358 e. The van der Waals surface area contributed by atoms with Gasteiger partial charge in [0.05, 0.1) is 7.11 Å². The van der Waals surface area contributed by atoms with Crippen LogP contribution in [-0.4, -0.2) is 23.0 Å². The van der Waals surface area contributed by atoms with E-state index in [1.54, 1.807) is 0 Å². The number of carbonyl (C=O) groups excluding carboxylic acids is 1. The van der Waals surface area contributed by atoms with E-state index in [0.717, 1.165) is 18.9 Å². The Morgan fingerprint density at radius 3 is 2.56 bits per heavy atom. The van der Waals surface area contributed by atoms with Crippen LogP contribution in [0, 0.1) is 17.5 Å². The number of hydrogen-bond donors (Lipinski definition) is 1. The number of ether oxygens (including phenoxy) is 1. The Morgan fingerprint density at radius 1 is 1.24 bits per heavy atom. The number of methoxy groups -OCH3 is 1. The second kappa shape index (κ2) is 6.87. The van der Waals surface area contributed by atoms with E-state index in [-0.39, 0.29) is 34.6 Å². The summed E-state index contributed by atoms with van der Waals surface area (Å²) in [4.78, 5) is 20.2. The standard InChI is InChI=1S/C16H13ClF3N3O2/c1-25-16(24)13-12(17)15(23-14(22-13)7-2-3-7)21-6-8-4-10(19)11(20)5-9(8)18/h4-5,7H,2-3,6H2,1H3,(H,21,22,23). The molecule has 1 aliphatic carbocycles. The van der Waals surface area contributed by atoms with E-state index in [9.17, 15) is 18.0 Å². The average Bonchev–Trinajstić information content (AvgIpc) is 3.42. The highest BCUT2D eigenvalue weighted by Crippen LogP contribution is 2.39. The average molecular weight is 372 g/mol. The van der Waals surface area contributed by atoms with Crippen LogP contribution in [-0.2, 0) is 11.3 Å². The van der Waals surface area contributed by atoms with Crippen LogP contribution in [0.3, 0.4) is 0 Å². The molecule has 2 aromatic rings. The molecule has 3 rings (SSSR count). The summed E-state index contributed by atoms with van der Waals surface area (Å²) < 4.78 is 44.6. The molecular weight excluding hydrogens is 359 g/mol. The summed E-state index contributed by atoms with van der Waals surface area (Å²) in [6, 6.07) is 1.21. The molecule has 1 N–H and O–H groups in total. The Bertz CT molecular complexity index is 844. The third kappa shape index (κ3) is 3.68. The van der Waals surface area contributed by atoms with E-state index < -0.39 is 23.4 Å². The maximum atomic E-state index is 13.7. The van der Waals surface area contributed by atoms with Gasteiger partial charge in [0.15, 0.2) is 17.3 Å². The molecule has 0 atom stereocenters. The molecule has 5 nitrogen and oxygen atoms in total. The van der Waals surface area contributed by atoms with Gasteiger partial charge in [-0.15, -0.1) is 0 Å². The van der Waals surface area contributed by atoms with E-state index in [4.69, 9.17) is 11.6 Å². The smallest absolute Gasteiger partial charge is 0.358 e. The molecule has 1 heterocycles. The molecular formula is C16H13ClF3N3O2. The summed E-state index contributed by atoms with van der Waals surface area (Å²) in [5.74, 6) is -3.42. The fraction of sp³-hybridized carbons (Fsp3) is 0.312. The van der Waals surface area contributed by atoms with Gasteiger partial charge in [-0.3, -0.25) is 0 Å². The van der Waals surface area contributed by atoms with Gasteiger partial charge in [-0.25, -0.2) is 27.9 Å². The van der Waals surface area contributed by atoms with Crippen molar-refractivity contribution in [1.29, 1.82) is 0 Å². The van der Waals surface area contributed by atoms with Crippen molar-refractivity contribution in [2.75, 3.05) is 12.4 Å². The summed E-state index contributed by atoms with van der Waals surface area (Å²) in [5, 5.41) is 2.66. The minimum Gasteiger partial charge on any atom is -0.464 e. The zero-order chi connectivity index (χ0) is 18.1. The first-order chi connectivity index (χ1) is 11.9. The number of aromatic nitrogens is 2. The van der Waals surface area contributed by atoms with Crippen LogP contribution < -0.4 is 5.32 Å². The monoisotopic (exact) mass is 371 g/mol. The Labute approximate surface area is 146 Å². The highest BCUT2D eigenvalue weighted by Gasteiger charge is 2.30. The van der Waals surface area contributed by atoms with Crippen molar-refractivity contribution in [3.8, 4) is 0 Å². The van der Waals surface area contributed by atoms with E-state index in [2.05, 4.69) is 20.0 Å². The lowest BCUT2D eigenvalue weighted by Gasteiger charge is -2.12. The fourth-order valence-electron chi connectivity index (χ4n) is 2.22. The van der Waals surface area contributed by atoms with Crippen molar-refractivity contribution in [3.05, 3.63) is 51.7 Å². The molecule has 0 saturated heterocycles. The van der Waals surface area contributed by atoms with Crippen molar-refractivity contribution in [2.45, 2.75) is 25.3 Å². The number of halogens is 4. The third-order valence-corrected chi connectivity index (χ3v) is 4.08. The number of esters is 1. The Balaban J connectivity index is 1.90. The van der Waals surface area contributed by atoms with Crippen LogP contribution in [0.15, 0.2) is 12.1 Å². The highest BCUT2D eigenvalue weighted by atomic mass is 35.5. The number of nitrogens with one attached hydrogen (secondary N) is 1. The molecule has 0 bridgehead atoms. The van der Waals surface area contributed by atoms with Crippen LogP contribution in [0.4, 0.5) is 19.0 Å². The number of benzene rings is 1. The molecule has 1 saturated carbocycles. The summed E-state index contributed by atoms with van der Waals surface area (Å²) in [6.45, 7) is -0.204. The Kier molecular flexibility index (Phi) is 4.80. The Hall–Kier alpha value is -2.35. The number of carbonyl (C=O) groups is 1. The predicted molar refractivity (Wildman–Crippen MR) is 84.0 cm³/mol. The molecule has 1 fully saturated rings. The molecule has 9 heteroatoms. The highest BCUT2D eigenvalue weighted by molar-refractivity contribution is 6.35. The Morgan fingerprint density at radius 2 is 1.92 bits per heavy atom. The van der Waals surface area contributed by atoms with Crippen molar-refractivity contribution < 1.29 is 22.7 Å². The summed E-state index contributed by atoms with van der Waals surface area (Å²) in [5.41, 5.74) is -0.213. The first kappa shape index (κ1) is 17.5. The van der Waals surface area contributed by atoms with Gasteiger partial charge < -0.3 is 10.1 Å². The second-order valence-corrected chi connectivity index (χ2v) is 5.95. The lowest BCUT2D eigenvalue weighted by Crippen LogP contribution is -2.13. The molecule has 25 heavy (non-hydrogen) atoms. The van der Waals surface area contributed by atoms with Crippen LogP contribution in [0.5, 0.6) is 0 Å². The minimum absolute atomic E-state index is 0.0840. The van der Waals surface area contributed by atoms with Crippen molar-refractivity contribution >= 4 is 23.4 Å². The number of hydrogen-bond acceptors (Lipinski definition) is 5. The van der Waals surface area contributed by atoms with Crippen LogP contribution in [0.1, 0.15) is 40.6 Å². The van der Waals surface area contributed by atoms with Crippen molar-refractivity contribution in [2.24, 2.45) is 0 Å². The summed E-state index contributed by atoms with van der Waals surface area (Å²) >= 11 is 6.13. The number of anilines is 1. The molecule has 132 valence electrons. The van der Waals surface area contributed by atoms with Gasteiger partial charge in [-0.1, -0.05) is 11.6 Å². The first-order valence-electron chi connectivity index (χ1n) is 7.43. The van der Waals surface area contributed by atoms with Gasteiger partial charge in [0.25, 0.3) is 0 Å². The van der Waals surface area contributed by atoms with Crippen molar-refractivity contribution in [1.82, 2.24) is 9.97 Å². The molecule has 1 aromatic carbocycles. The summed E-state index contributed by atoms with van der Waals surface area (Å²) in [7, 11) is 1.20. The fourth-order valence-corrected chi connectivity index (χ4v) is 2.44. The molecule has 0 unspecified atom stereocenters. The van der Waals surface area contributed by atoms with E-state index in [1.165, 1.54) is 7.11 Å². The second-order valence-electron chi connectivity index (χ2n) is 5.57. The maximum absolute atomic E-state index is 13.7. The largest absolute Gasteiger partial charge is 0.464 e. The van der Waals surface area contributed by atoms with Crippen LogP contribution in [0.25, 0.3) is 0 Å². The lowest BCUT2D eigenvalue weighted by atomic mass is 10.2. The van der Waals surface area contributed by atoms with Gasteiger partial charge in [0, 0.05) is 24.1 Å². The topological polar surface area (TPSA) is 64.1 Å². The number of nitrogens with zero attached hydrogens (tertiary/aromatic N) is 2. The third-order valence-electron chi connectivity index (χ3n) is 3.73. The van der Waals surface area contributed by atoms with E-state index in [0.29, 0.717) is 11.9 Å². The van der Waals surface area contributed by atoms with Crippen LogP contribution in [0.2, 0.25) is 5.02 Å². The summed E-state index contributed by atoms with van der Waals surface area (Å²) in [6.07, 6.45) is 1.78. The van der Waals surface area contributed by atoms with Gasteiger partial charge in [0.1, 0.15) is 22.5 Å². The molecule has 0 amide bonds. The molecule has 0 spiro atoms. The molecule has 1 aliphatic rings.